The molecular formula is C11H24N2O. The van der Waals surface area contributed by atoms with Gasteiger partial charge in [-0.05, 0) is 32.7 Å². The zero-order chi connectivity index (χ0) is 10.6. The maximum Gasteiger partial charge on any atom is 0.0596 e. The van der Waals surface area contributed by atoms with Gasteiger partial charge in [-0.15, -0.1) is 0 Å². The van der Waals surface area contributed by atoms with Crippen LogP contribution in [-0.2, 0) is 4.74 Å². The summed E-state index contributed by atoms with van der Waals surface area (Å²) in [5, 5.41) is 0. The molecule has 3 heteroatoms. The fourth-order valence-electron chi connectivity index (χ4n) is 1.87. The minimum absolute atomic E-state index is 0.347. The summed E-state index contributed by atoms with van der Waals surface area (Å²) < 4.78 is 5.53. The van der Waals surface area contributed by atoms with E-state index in [1.807, 2.05) is 0 Å². The third-order valence-corrected chi connectivity index (χ3v) is 2.91. The lowest BCUT2D eigenvalue weighted by atomic mass is 9.95. The average Bonchev–Trinajstić information content (AvgIpc) is 2.10. The number of ether oxygens (including phenoxy) is 1. The summed E-state index contributed by atoms with van der Waals surface area (Å²) in [6.07, 6.45) is 1.47. The molecule has 1 heterocycles. The van der Waals surface area contributed by atoms with Crippen molar-refractivity contribution < 1.29 is 4.74 Å². The summed E-state index contributed by atoms with van der Waals surface area (Å²) in [5.41, 5.74) is 5.96. The zero-order valence-electron chi connectivity index (χ0n) is 9.70. The summed E-state index contributed by atoms with van der Waals surface area (Å²) >= 11 is 0. The number of likely N-dealkylation sites (tertiary alicyclic amines) is 1. The second-order valence-corrected chi connectivity index (χ2v) is 4.65. The van der Waals surface area contributed by atoms with E-state index in [0.717, 1.165) is 32.7 Å². The number of hydrogen-bond donors (Lipinski definition) is 1. The average molecular weight is 200 g/mol. The van der Waals surface area contributed by atoms with Crippen molar-refractivity contribution in [1.29, 1.82) is 0 Å². The maximum absolute atomic E-state index is 5.96. The molecule has 0 aromatic carbocycles. The number of nitrogens with zero attached hydrogens (tertiary/aromatic N) is 1. The fourth-order valence-corrected chi connectivity index (χ4v) is 1.87. The summed E-state index contributed by atoms with van der Waals surface area (Å²) in [6.45, 7) is 10.5. The first-order valence-electron chi connectivity index (χ1n) is 5.69. The highest BCUT2D eigenvalue weighted by atomic mass is 16.5. The Bertz CT molecular complexity index is 161. The molecule has 84 valence electrons. The van der Waals surface area contributed by atoms with E-state index in [9.17, 15) is 0 Å². The van der Waals surface area contributed by atoms with Crippen LogP contribution in [0, 0.1) is 5.92 Å². The fraction of sp³-hybridized carbons (Fsp3) is 1.00. The van der Waals surface area contributed by atoms with Gasteiger partial charge >= 0.3 is 0 Å². The van der Waals surface area contributed by atoms with Crippen molar-refractivity contribution in [2.24, 2.45) is 11.7 Å². The van der Waals surface area contributed by atoms with E-state index < -0.39 is 0 Å². The van der Waals surface area contributed by atoms with Crippen molar-refractivity contribution in [2.75, 3.05) is 26.2 Å². The Balaban J connectivity index is 2.13. The van der Waals surface area contributed by atoms with Gasteiger partial charge < -0.3 is 15.4 Å². The quantitative estimate of drug-likeness (QED) is 0.738. The van der Waals surface area contributed by atoms with Crippen molar-refractivity contribution >= 4 is 0 Å². The van der Waals surface area contributed by atoms with Crippen molar-refractivity contribution in [1.82, 2.24) is 4.90 Å². The van der Waals surface area contributed by atoms with Crippen molar-refractivity contribution in [3.8, 4) is 0 Å². The van der Waals surface area contributed by atoms with Gasteiger partial charge in [0, 0.05) is 19.1 Å². The molecule has 0 aromatic heterocycles. The molecule has 2 N–H and O–H groups in total. The number of rotatable bonds is 4. The van der Waals surface area contributed by atoms with Gasteiger partial charge in [-0.3, -0.25) is 0 Å². The van der Waals surface area contributed by atoms with Crippen molar-refractivity contribution in [3.63, 3.8) is 0 Å². The van der Waals surface area contributed by atoms with Crippen molar-refractivity contribution in [2.45, 2.75) is 39.3 Å². The highest BCUT2D eigenvalue weighted by molar-refractivity contribution is 4.79. The van der Waals surface area contributed by atoms with E-state index in [-0.39, 0.29) is 0 Å². The number of piperidine rings is 1. The molecule has 0 amide bonds. The molecule has 2 unspecified atom stereocenters. The smallest absolute Gasteiger partial charge is 0.0596 e. The number of hydrogen-bond acceptors (Lipinski definition) is 3. The lowest BCUT2D eigenvalue weighted by Crippen LogP contribution is -2.46. The third-order valence-electron chi connectivity index (χ3n) is 2.91. The minimum atomic E-state index is 0.347. The molecule has 0 bridgehead atoms. The first-order chi connectivity index (χ1) is 6.59. The molecule has 3 nitrogen and oxygen atoms in total. The van der Waals surface area contributed by atoms with E-state index in [4.69, 9.17) is 10.5 Å². The largest absolute Gasteiger partial charge is 0.377 e. The van der Waals surface area contributed by atoms with Crippen LogP contribution in [0.3, 0.4) is 0 Å². The maximum atomic E-state index is 5.96. The van der Waals surface area contributed by atoms with Crippen LogP contribution in [-0.4, -0.2) is 43.3 Å². The Hall–Kier alpha value is -0.120. The molecule has 0 spiro atoms. The first kappa shape index (κ1) is 12.0. The van der Waals surface area contributed by atoms with E-state index in [2.05, 4.69) is 25.7 Å². The molecule has 0 radical (unpaired) electrons. The molecule has 1 saturated heterocycles. The highest BCUT2D eigenvalue weighted by Gasteiger charge is 2.22. The van der Waals surface area contributed by atoms with Crippen LogP contribution >= 0.6 is 0 Å². The molecule has 0 aliphatic carbocycles. The Labute approximate surface area is 87.6 Å². The molecule has 0 saturated carbocycles. The SMILES string of the molecule is CC(C)OCCN1CCC(N)C(C)C1. The normalized spacial score (nSPS) is 29.8. The van der Waals surface area contributed by atoms with Gasteiger partial charge in [0.1, 0.15) is 0 Å². The number of nitrogens with two attached hydrogens (primary N) is 1. The van der Waals surface area contributed by atoms with E-state index >= 15 is 0 Å². The second-order valence-electron chi connectivity index (χ2n) is 4.65. The van der Waals surface area contributed by atoms with Crippen molar-refractivity contribution in [3.05, 3.63) is 0 Å². The molecule has 1 aliphatic rings. The summed E-state index contributed by atoms with van der Waals surface area (Å²) in [4.78, 5) is 2.45. The van der Waals surface area contributed by atoms with Crippen LogP contribution in [0.15, 0.2) is 0 Å². The Morgan fingerprint density at radius 1 is 1.50 bits per heavy atom. The summed E-state index contributed by atoms with van der Waals surface area (Å²) in [6, 6.07) is 0.400. The van der Waals surface area contributed by atoms with Gasteiger partial charge in [0.2, 0.25) is 0 Å². The van der Waals surface area contributed by atoms with Gasteiger partial charge in [0.25, 0.3) is 0 Å². The second kappa shape index (κ2) is 5.69. The molecule has 1 aliphatic heterocycles. The highest BCUT2D eigenvalue weighted by Crippen LogP contribution is 2.14. The van der Waals surface area contributed by atoms with Gasteiger partial charge in [0.15, 0.2) is 0 Å². The van der Waals surface area contributed by atoms with Crippen LogP contribution in [0.5, 0.6) is 0 Å². The van der Waals surface area contributed by atoms with Crippen LogP contribution in [0.2, 0.25) is 0 Å². The lowest BCUT2D eigenvalue weighted by Gasteiger charge is -2.35. The molecule has 2 atom stereocenters. The van der Waals surface area contributed by atoms with Gasteiger partial charge in [0.05, 0.1) is 12.7 Å². The van der Waals surface area contributed by atoms with Crippen LogP contribution in [0.1, 0.15) is 27.2 Å². The monoisotopic (exact) mass is 200 g/mol. The molecule has 14 heavy (non-hydrogen) atoms. The predicted molar refractivity (Wildman–Crippen MR) is 59.3 cm³/mol. The predicted octanol–water partition coefficient (Wildman–Crippen LogP) is 1.08. The molecule has 1 rings (SSSR count). The third kappa shape index (κ3) is 3.95. The van der Waals surface area contributed by atoms with E-state index in [1.54, 1.807) is 0 Å². The topological polar surface area (TPSA) is 38.5 Å². The van der Waals surface area contributed by atoms with Crippen LogP contribution in [0.25, 0.3) is 0 Å². The van der Waals surface area contributed by atoms with E-state index in [0.29, 0.717) is 18.1 Å². The minimum Gasteiger partial charge on any atom is -0.377 e. The zero-order valence-corrected chi connectivity index (χ0v) is 9.70. The van der Waals surface area contributed by atoms with E-state index in [1.165, 1.54) is 0 Å². The van der Waals surface area contributed by atoms with Gasteiger partial charge in [-0.2, -0.15) is 0 Å². The molecule has 0 aromatic rings. The Kier molecular flexibility index (Phi) is 4.85. The Morgan fingerprint density at radius 2 is 2.21 bits per heavy atom. The summed E-state index contributed by atoms with van der Waals surface area (Å²) in [7, 11) is 0. The van der Waals surface area contributed by atoms with Gasteiger partial charge in [-0.25, -0.2) is 0 Å². The first-order valence-corrected chi connectivity index (χ1v) is 5.69. The lowest BCUT2D eigenvalue weighted by molar-refractivity contribution is 0.0475. The van der Waals surface area contributed by atoms with Crippen LogP contribution in [0.4, 0.5) is 0 Å². The molecular weight excluding hydrogens is 176 g/mol. The Morgan fingerprint density at radius 3 is 2.79 bits per heavy atom. The van der Waals surface area contributed by atoms with Crippen LogP contribution < -0.4 is 5.73 Å². The standard InChI is InChI=1S/C11H24N2O/c1-9(2)14-7-6-13-5-4-11(12)10(3)8-13/h9-11H,4-8,12H2,1-3H3. The van der Waals surface area contributed by atoms with Gasteiger partial charge in [-0.1, -0.05) is 6.92 Å². The summed E-state index contributed by atoms with van der Waals surface area (Å²) in [5.74, 6) is 0.628. The molecule has 1 fully saturated rings.